The minimum absolute atomic E-state index is 0.346. The number of fused-ring (bicyclic) bond motifs is 1. The molecule has 2 fully saturated rings. The molecule has 5 heteroatoms. The highest BCUT2D eigenvalue weighted by atomic mass is 32.1. The van der Waals surface area contributed by atoms with Gasteiger partial charge in [0.2, 0.25) is 0 Å². The van der Waals surface area contributed by atoms with E-state index in [9.17, 15) is 0 Å². The van der Waals surface area contributed by atoms with E-state index >= 15 is 0 Å². The van der Waals surface area contributed by atoms with Crippen molar-refractivity contribution in [2.45, 2.75) is 38.6 Å². The molecule has 2 atom stereocenters. The Labute approximate surface area is 148 Å². The zero-order valence-corrected chi connectivity index (χ0v) is 15.0. The number of hydrogen-bond donors (Lipinski definition) is 0. The molecule has 2 aromatic heterocycles. The molecule has 2 saturated heterocycles. The van der Waals surface area contributed by atoms with E-state index in [0.717, 1.165) is 37.4 Å². The zero-order chi connectivity index (χ0) is 16.4. The van der Waals surface area contributed by atoms with Crippen molar-refractivity contribution in [3.8, 4) is 0 Å². The number of aryl methyl sites for hydroxylation is 1. The second-order valence-electron chi connectivity index (χ2n) is 6.95. The molecule has 0 amide bonds. The van der Waals surface area contributed by atoms with Crippen LogP contribution in [0.15, 0.2) is 35.0 Å². The number of piperazine rings is 1. The van der Waals surface area contributed by atoms with E-state index in [1.807, 2.05) is 13.0 Å². The minimum atomic E-state index is 0.346. The maximum absolute atomic E-state index is 6.16. The molecule has 2 aliphatic heterocycles. The van der Waals surface area contributed by atoms with Gasteiger partial charge in [0.15, 0.2) is 0 Å². The Morgan fingerprint density at radius 2 is 2.21 bits per heavy atom. The molecule has 2 aliphatic rings. The normalized spacial score (nSPS) is 25.0. The highest BCUT2D eigenvalue weighted by molar-refractivity contribution is 7.07. The Morgan fingerprint density at radius 3 is 3.04 bits per heavy atom. The fourth-order valence-electron chi connectivity index (χ4n) is 3.85. The Kier molecular flexibility index (Phi) is 4.94. The zero-order valence-electron chi connectivity index (χ0n) is 14.2. The Balaban J connectivity index is 1.28. The lowest BCUT2D eigenvalue weighted by molar-refractivity contribution is 0.0439. The topological polar surface area (TPSA) is 28.6 Å². The standard InChI is InChI=1S/C19H25N3OS/c1-15-3-2-4-17(20-15)13-23-19-9-18-11-21(6-7-22(18)12-19)10-16-5-8-24-14-16/h2-5,8,14,18-19H,6-7,9-13H2,1H3/t18-,19+/m0/s1. The third-order valence-electron chi connectivity index (χ3n) is 5.06. The van der Waals surface area contributed by atoms with E-state index in [-0.39, 0.29) is 0 Å². The molecule has 0 saturated carbocycles. The summed E-state index contributed by atoms with van der Waals surface area (Å²) in [6.45, 7) is 8.32. The minimum Gasteiger partial charge on any atom is -0.371 e. The third-order valence-corrected chi connectivity index (χ3v) is 5.79. The first-order chi connectivity index (χ1) is 11.8. The van der Waals surface area contributed by atoms with Crippen LogP contribution in [0.1, 0.15) is 23.4 Å². The molecular weight excluding hydrogens is 318 g/mol. The molecule has 0 spiro atoms. The smallest absolute Gasteiger partial charge is 0.0892 e. The van der Waals surface area contributed by atoms with Gasteiger partial charge in [-0.1, -0.05) is 6.07 Å². The highest BCUT2D eigenvalue weighted by Crippen LogP contribution is 2.25. The van der Waals surface area contributed by atoms with Crippen LogP contribution in [-0.2, 0) is 17.9 Å². The highest BCUT2D eigenvalue weighted by Gasteiger charge is 2.36. The summed E-state index contributed by atoms with van der Waals surface area (Å²) in [5, 5.41) is 4.44. The van der Waals surface area contributed by atoms with Crippen molar-refractivity contribution in [2.75, 3.05) is 26.2 Å². The van der Waals surface area contributed by atoms with Crippen LogP contribution in [0.4, 0.5) is 0 Å². The van der Waals surface area contributed by atoms with Crippen LogP contribution in [0.25, 0.3) is 0 Å². The largest absolute Gasteiger partial charge is 0.371 e. The molecule has 24 heavy (non-hydrogen) atoms. The number of aromatic nitrogens is 1. The molecule has 0 N–H and O–H groups in total. The van der Waals surface area contributed by atoms with E-state index < -0.39 is 0 Å². The summed E-state index contributed by atoms with van der Waals surface area (Å²) >= 11 is 1.79. The Bertz CT molecular complexity index is 660. The summed E-state index contributed by atoms with van der Waals surface area (Å²) < 4.78 is 6.16. The van der Waals surface area contributed by atoms with Gasteiger partial charge in [0.1, 0.15) is 0 Å². The van der Waals surface area contributed by atoms with Gasteiger partial charge < -0.3 is 4.74 Å². The summed E-state index contributed by atoms with van der Waals surface area (Å²) in [6, 6.07) is 9.03. The average Bonchev–Trinajstić information content (AvgIpc) is 3.22. The lowest BCUT2D eigenvalue weighted by Gasteiger charge is -2.37. The maximum Gasteiger partial charge on any atom is 0.0892 e. The number of hydrogen-bond acceptors (Lipinski definition) is 5. The van der Waals surface area contributed by atoms with Crippen molar-refractivity contribution in [2.24, 2.45) is 0 Å². The number of nitrogens with zero attached hydrogens (tertiary/aromatic N) is 3. The first kappa shape index (κ1) is 16.2. The Hall–Kier alpha value is -1.27. The van der Waals surface area contributed by atoms with E-state index in [1.165, 1.54) is 18.7 Å². The van der Waals surface area contributed by atoms with Crippen LogP contribution in [0.3, 0.4) is 0 Å². The van der Waals surface area contributed by atoms with Crippen molar-refractivity contribution >= 4 is 11.3 Å². The first-order valence-corrected chi connectivity index (χ1v) is 9.72. The van der Waals surface area contributed by atoms with Crippen LogP contribution in [0.5, 0.6) is 0 Å². The fourth-order valence-corrected chi connectivity index (χ4v) is 4.51. The lowest BCUT2D eigenvalue weighted by Crippen LogP contribution is -2.49. The van der Waals surface area contributed by atoms with E-state index in [2.05, 4.69) is 43.7 Å². The molecule has 0 bridgehead atoms. The summed E-state index contributed by atoms with van der Waals surface area (Å²) in [5.74, 6) is 0. The van der Waals surface area contributed by atoms with Gasteiger partial charge in [0.05, 0.1) is 18.4 Å². The van der Waals surface area contributed by atoms with Gasteiger partial charge in [-0.05, 0) is 47.9 Å². The van der Waals surface area contributed by atoms with Gasteiger partial charge in [0, 0.05) is 44.5 Å². The predicted octanol–water partition coefficient (Wildman–Crippen LogP) is 2.93. The van der Waals surface area contributed by atoms with Crippen molar-refractivity contribution in [3.63, 3.8) is 0 Å². The van der Waals surface area contributed by atoms with Crippen molar-refractivity contribution in [1.29, 1.82) is 0 Å². The molecule has 0 aliphatic carbocycles. The quantitative estimate of drug-likeness (QED) is 0.835. The van der Waals surface area contributed by atoms with Crippen LogP contribution >= 0.6 is 11.3 Å². The van der Waals surface area contributed by atoms with Gasteiger partial charge in [-0.2, -0.15) is 11.3 Å². The second-order valence-corrected chi connectivity index (χ2v) is 7.73. The molecule has 0 unspecified atom stereocenters. The molecule has 0 aromatic carbocycles. The molecule has 4 nitrogen and oxygen atoms in total. The summed E-state index contributed by atoms with van der Waals surface area (Å²) in [5.41, 5.74) is 3.55. The lowest BCUT2D eigenvalue weighted by atomic mass is 10.1. The van der Waals surface area contributed by atoms with Gasteiger partial charge >= 0.3 is 0 Å². The van der Waals surface area contributed by atoms with Gasteiger partial charge in [-0.3, -0.25) is 14.8 Å². The molecule has 2 aromatic rings. The van der Waals surface area contributed by atoms with Crippen molar-refractivity contribution in [3.05, 3.63) is 52.0 Å². The Morgan fingerprint density at radius 1 is 1.25 bits per heavy atom. The first-order valence-electron chi connectivity index (χ1n) is 8.78. The van der Waals surface area contributed by atoms with Gasteiger partial charge in [-0.15, -0.1) is 0 Å². The van der Waals surface area contributed by atoms with E-state index in [0.29, 0.717) is 18.8 Å². The van der Waals surface area contributed by atoms with Crippen LogP contribution in [0.2, 0.25) is 0 Å². The van der Waals surface area contributed by atoms with Crippen molar-refractivity contribution < 1.29 is 4.74 Å². The van der Waals surface area contributed by atoms with E-state index in [4.69, 9.17) is 4.74 Å². The SMILES string of the molecule is Cc1cccc(CO[C@@H]2C[C@H]3CN(Cc4ccsc4)CCN3C2)n1. The summed E-state index contributed by atoms with van der Waals surface area (Å²) in [4.78, 5) is 9.73. The maximum atomic E-state index is 6.16. The second kappa shape index (κ2) is 7.31. The monoisotopic (exact) mass is 343 g/mol. The van der Waals surface area contributed by atoms with Crippen LogP contribution < -0.4 is 0 Å². The molecular formula is C19H25N3OS. The molecule has 128 valence electrons. The third kappa shape index (κ3) is 3.86. The summed E-state index contributed by atoms with van der Waals surface area (Å²) in [6.07, 6.45) is 1.49. The summed E-state index contributed by atoms with van der Waals surface area (Å²) in [7, 11) is 0. The van der Waals surface area contributed by atoms with Crippen LogP contribution in [-0.4, -0.2) is 53.1 Å². The van der Waals surface area contributed by atoms with Crippen LogP contribution in [0, 0.1) is 6.92 Å². The average molecular weight is 343 g/mol. The number of pyridine rings is 1. The van der Waals surface area contributed by atoms with E-state index in [1.54, 1.807) is 11.3 Å². The van der Waals surface area contributed by atoms with Gasteiger partial charge in [-0.25, -0.2) is 0 Å². The fraction of sp³-hybridized carbons (Fsp3) is 0.526. The number of ether oxygens (including phenoxy) is 1. The number of thiophene rings is 1. The number of rotatable bonds is 5. The molecule has 4 heterocycles. The predicted molar refractivity (Wildman–Crippen MR) is 97.1 cm³/mol. The molecule has 0 radical (unpaired) electrons. The molecule has 4 rings (SSSR count). The van der Waals surface area contributed by atoms with Gasteiger partial charge in [0.25, 0.3) is 0 Å². The van der Waals surface area contributed by atoms with Crippen molar-refractivity contribution in [1.82, 2.24) is 14.8 Å².